The van der Waals surface area contributed by atoms with E-state index in [4.69, 9.17) is 15.2 Å². The first kappa shape index (κ1) is 17.2. The molecule has 2 fully saturated rings. The van der Waals surface area contributed by atoms with Gasteiger partial charge in [-0.2, -0.15) is 10.5 Å². The van der Waals surface area contributed by atoms with Gasteiger partial charge in [0.1, 0.15) is 11.3 Å². The van der Waals surface area contributed by atoms with E-state index in [9.17, 15) is 10.5 Å². The van der Waals surface area contributed by atoms with Crippen LogP contribution in [0.1, 0.15) is 46.5 Å². The maximum absolute atomic E-state index is 10.1. The highest BCUT2D eigenvalue weighted by molar-refractivity contribution is 6.00. The lowest BCUT2D eigenvalue weighted by Gasteiger charge is -2.41. The van der Waals surface area contributed by atoms with Crippen molar-refractivity contribution in [2.75, 3.05) is 14.2 Å². The summed E-state index contributed by atoms with van der Waals surface area (Å²) in [5.41, 5.74) is 3.59. The third-order valence-corrected chi connectivity index (χ3v) is 7.01. The van der Waals surface area contributed by atoms with Gasteiger partial charge < -0.3 is 15.2 Å². The van der Waals surface area contributed by atoms with Gasteiger partial charge in [-0.3, -0.25) is 0 Å². The molecule has 6 heteroatoms. The summed E-state index contributed by atoms with van der Waals surface area (Å²) in [5.74, 6) is -0.742. The van der Waals surface area contributed by atoms with Crippen LogP contribution in [-0.2, 0) is 9.47 Å². The fraction of sp³-hybridized carbons (Fsp3) is 0.833. The molecular weight excluding hydrogens is 304 g/mol. The van der Waals surface area contributed by atoms with E-state index in [2.05, 4.69) is 37.9 Å². The molecule has 130 valence electrons. The molecule has 0 amide bonds. The van der Waals surface area contributed by atoms with Gasteiger partial charge in [-0.1, -0.05) is 20.8 Å². The van der Waals surface area contributed by atoms with Gasteiger partial charge in [-0.25, -0.2) is 4.99 Å². The van der Waals surface area contributed by atoms with E-state index < -0.39 is 22.2 Å². The topological polar surface area (TPSA) is 104 Å². The molecule has 1 spiro atoms. The number of aliphatic imine (C=N–C) groups is 1. The molecule has 2 N–H and O–H groups in total. The Hall–Kier alpha value is -1.63. The number of hydrogen-bond acceptors (Lipinski definition) is 6. The van der Waals surface area contributed by atoms with Crippen LogP contribution in [0.15, 0.2) is 4.99 Å². The first-order valence-electron chi connectivity index (χ1n) is 8.47. The minimum absolute atomic E-state index is 0.185. The molecule has 0 saturated heterocycles. The summed E-state index contributed by atoms with van der Waals surface area (Å²) in [5, 5.41) is 20.2. The summed E-state index contributed by atoms with van der Waals surface area (Å²) >= 11 is 0. The van der Waals surface area contributed by atoms with Crippen LogP contribution in [0.4, 0.5) is 0 Å². The van der Waals surface area contributed by atoms with Crippen LogP contribution in [0.5, 0.6) is 0 Å². The van der Waals surface area contributed by atoms with Crippen molar-refractivity contribution in [1.82, 2.24) is 0 Å². The van der Waals surface area contributed by atoms with Crippen molar-refractivity contribution in [3.05, 3.63) is 0 Å². The van der Waals surface area contributed by atoms with Gasteiger partial charge in [-0.05, 0) is 37.0 Å². The van der Waals surface area contributed by atoms with Crippen molar-refractivity contribution in [2.45, 2.75) is 52.4 Å². The van der Waals surface area contributed by atoms with Crippen LogP contribution < -0.4 is 5.73 Å². The number of methoxy groups -OCH3 is 2. The van der Waals surface area contributed by atoms with Crippen molar-refractivity contribution in [3.8, 4) is 12.1 Å². The van der Waals surface area contributed by atoms with E-state index in [-0.39, 0.29) is 11.3 Å². The fourth-order valence-corrected chi connectivity index (χ4v) is 5.71. The van der Waals surface area contributed by atoms with Crippen molar-refractivity contribution >= 4 is 5.84 Å². The molecule has 0 aromatic heterocycles. The Bertz CT molecular complexity index is 669. The molecule has 24 heavy (non-hydrogen) atoms. The van der Waals surface area contributed by atoms with E-state index in [0.29, 0.717) is 5.92 Å². The SMILES string of the molecule is COC1(OC)N=C(N)C2(C#N)C3(CCC(C(C)(C)C)CC3)C12C#N. The lowest BCUT2D eigenvalue weighted by atomic mass is 9.65. The number of nitrogens with two attached hydrogens (primary N) is 1. The summed E-state index contributed by atoms with van der Waals surface area (Å²) in [7, 11) is 2.92. The molecule has 2 unspecified atom stereocenters. The van der Waals surface area contributed by atoms with E-state index in [0.717, 1.165) is 25.7 Å². The predicted molar refractivity (Wildman–Crippen MR) is 88.3 cm³/mol. The van der Waals surface area contributed by atoms with Crippen LogP contribution in [0.3, 0.4) is 0 Å². The Morgan fingerprint density at radius 2 is 1.67 bits per heavy atom. The molecule has 0 aromatic rings. The molecule has 3 rings (SSSR count). The summed E-state index contributed by atoms with van der Waals surface area (Å²) in [4.78, 5) is 4.30. The lowest BCUT2D eigenvalue weighted by molar-refractivity contribution is -0.238. The summed E-state index contributed by atoms with van der Waals surface area (Å²) in [6, 6.07) is 4.73. The molecule has 6 nitrogen and oxygen atoms in total. The van der Waals surface area contributed by atoms with Gasteiger partial charge in [0.25, 0.3) is 5.91 Å². The van der Waals surface area contributed by atoms with E-state index in [1.165, 1.54) is 14.2 Å². The Balaban J connectivity index is 2.08. The molecule has 2 atom stereocenters. The van der Waals surface area contributed by atoms with Gasteiger partial charge in [0.05, 0.1) is 12.1 Å². The van der Waals surface area contributed by atoms with Gasteiger partial charge in [0.15, 0.2) is 5.41 Å². The predicted octanol–water partition coefficient (Wildman–Crippen LogP) is 2.56. The van der Waals surface area contributed by atoms with E-state index in [1.54, 1.807) is 0 Å². The monoisotopic (exact) mass is 330 g/mol. The number of nitrogens with zero attached hydrogens (tertiary/aromatic N) is 3. The molecule has 1 aliphatic heterocycles. The normalized spacial score (nSPS) is 42.8. The van der Waals surface area contributed by atoms with Crippen LogP contribution in [0, 0.1) is 50.2 Å². The van der Waals surface area contributed by atoms with Gasteiger partial charge in [-0.15, -0.1) is 0 Å². The highest BCUT2D eigenvalue weighted by Crippen LogP contribution is 2.89. The number of hydrogen-bond donors (Lipinski definition) is 1. The highest BCUT2D eigenvalue weighted by atomic mass is 16.7. The maximum atomic E-state index is 10.1. The van der Waals surface area contributed by atoms with Crippen molar-refractivity contribution in [2.24, 2.45) is 38.3 Å². The van der Waals surface area contributed by atoms with Crippen molar-refractivity contribution in [1.29, 1.82) is 10.5 Å². The third-order valence-electron chi connectivity index (χ3n) is 7.01. The van der Waals surface area contributed by atoms with Crippen LogP contribution in [-0.4, -0.2) is 26.0 Å². The van der Waals surface area contributed by atoms with Crippen LogP contribution in [0.2, 0.25) is 0 Å². The summed E-state index contributed by atoms with van der Waals surface area (Å²) in [6.45, 7) is 6.73. The molecule has 1 heterocycles. The maximum Gasteiger partial charge on any atom is 0.292 e. The molecule has 3 aliphatic rings. The average molecular weight is 330 g/mol. The molecule has 2 aliphatic carbocycles. The first-order valence-corrected chi connectivity index (χ1v) is 8.47. The second kappa shape index (κ2) is 4.71. The van der Waals surface area contributed by atoms with Crippen molar-refractivity contribution < 1.29 is 9.47 Å². The molecule has 2 saturated carbocycles. The number of fused-ring (bicyclic) bond motifs is 3. The van der Waals surface area contributed by atoms with E-state index >= 15 is 0 Å². The number of amidine groups is 1. The molecule has 0 aromatic carbocycles. The Morgan fingerprint density at radius 3 is 2.04 bits per heavy atom. The minimum Gasteiger partial charge on any atom is -0.386 e. The van der Waals surface area contributed by atoms with Gasteiger partial charge >= 0.3 is 0 Å². The summed E-state index contributed by atoms with van der Waals surface area (Å²) < 4.78 is 11.1. The first-order chi connectivity index (χ1) is 11.2. The Morgan fingerprint density at radius 1 is 1.12 bits per heavy atom. The minimum atomic E-state index is -1.49. The zero-order chi connectivity index (χ0) is 18.0. The molecule has 0 bridgehead atoms. The second-order valence-corrected chi connectivity index (χ2v) is 8.43. The lowest BCUT2D eigenvalue weighted by Crippen LogP contribution is -2.45. The average Bonchev–Trinajstić information content (AvgIpc) is 2.96. The highest BCUT2D eigenvalue weighted by Gasteiger charge is 3.00. The zero-order valence-corrected chi connectivity index (χ0v) is 15.1. The van der Waals surface area contributed by atoms with Crippen molar-refractivity contribution in [3.63, 3.8) is 0 Å². The van der Waals surface area contributed by atoms with Crippen LogP contribution in [0.25, 0.3) is 0 Å². The van der Waals surface area contributed by atoms with Gasteiger partial charge in [0.2, 0.25) is 0 Å². The number of nitriles is 2. The number of rotatable bonds is 2. The smallest absolute Gasteiger partial charge is 0.292 e. The number of ether oxygens (including phenoxy) is 2. The summed E-state index contributed by atoms with van der Waals surface area (Å²) in [6.07, 6.45) is 3.46. The Labute approximate surface area is 143 Å². The van der Waals surface area contributed by atoms with E-state index in [1.807, 2.05) is 0 Å². The van der Waals surface area contributed by atoms with Gasteiger partial charge in [0, 0.05) is 19.6 Å². The Kier molecular flexibility index (Phi) is 3.38. The second-order valence-electron chi connectivity index (χ2n) is 8.43. The fourth-order valence-electron chi connectivity index (χ4n) is 5.71. The largest absolute Gasteiger partial charge is 0.386 e. The quantitative estimate of drug-likeness (QED) is 0.783. The standard InChI is InChI=1S/C18H26N4O2/c1-14(2,3)12-6-8-15(9-7-12)16(10-19)13(21)22-18(23-4,24-5)17(15,16)11-20/h12H,6-9H2,1-5H3,(H2,21,22). The van der Waals surface area contributed by atoms with Crippen LogP contribution >= 0.6 is 0 Å². The third kappa shape index (κ3) is 1.42. The zero-order valence-electron chi connectivity index (χ0n) is 15.1. The molecular formula is C18H26N4O2. The molecule has 0 radical (unpaired) electrons.